The first kappa shape index (κ1) is 17.6. The lowest BCUT2D eigenvalue weighted by molar-refractivity contribution is -0.139. The normalized spacial score (nSPS) is 11.7. The van der Waals surface area contributed by atoms with Gasteiger partial charge in [-0.25, -0.2) is 0 Å². The second-order valence-electron chi connectivity index (χ2n) is 5.14. The molecule has 1 aromatic carbocycles. The van der Waals surface area contributed by atoms with Crippen molar-refractivity contribution in [2.45, 2.75) is 45.5 Å². The van der Waals surface area contributed by atoms with Crippen LogP contribution in [0.25, 0.3) is 0 Å². The topological polar surface area (TPSA) is 21.3 Å². The van der Waals surface area contributed by atoms with E-state index in [1.807, 2.05) is 13.8 Å². The van der Waals surface area contributed by atoms with Crippen LogP contribution >= 0.6 is 0 Å². The van der Waals surface area contributed by atoms with Crippen LogP contribution in [0.4, 0.5) is 13.2 Å². The van der Waals surface area contributed by atoms with E-state index in [0.717, 1.165) is 12.5 Å². The van der Waals surface area contributed by atoms with Crippen LogP contribution < -0.4 is 10.1 Å². The van der Waals surface area contributed by atoms with E-state index in [2.05, 4.69) is 11.9 Å². The summed E-state index contributed by atoms with van der Waals surface area (Å²) in [4.78, 5) is 0. The van der Waals surface area contributed by atoms with Crippen LogP contribution in [-0.4, -0.2) is 12.6 Å². The zero-order valence-corrected chi connectivity index (χ0v) is 12.5. The summed E-state index contributed by atoms with van der Waals surface area (Å²) in [5.41, 5.74) is -0.126. The molecule has 0 atom stereocenters. The first-order valence-electron chi connectivity index (χ1n) is 7.01. The molecule has 1 rings (SSSR count). The van der Waals surface area contributed by atoms with Gasteiger partial charge in [-0.3, -0.25) is 0 Å². The number of benzene rings is 1. The summed E-state index contributed by atoms with van der Waals surface area (Å²) in [7, 11) is 0. The molecule has 1 aromatic rings. The van der Waals surface area contributed by atoms with E-state index in [1.54, 1.807) is 12.1 Å². The Kier molecular flexibility index (Phi) is 6.75. The average Bonchev–Trinajstić information content (AvgIpc) is 2.41. The standard InChI is InChI=1S/C16H22F3NO/c1-4-5-6-9-21-15-8-7-13(11-20-12(2)3)10-14(15)16(17,18)19/h4,7-8,10,12,20H,1,5-6,9,11H2,2-3H3. The Morgan fingerprint density at radius 3 is 2.62 bits per heavy atom. The van der Waals surface area contributed by atoms with Gasteiger partial charge in [-0.2, -0.15) is 13.2 Å². The van der Waals surface area contributed by atoms with Gasteiger partial charge < -0.3 is 10.1 Å². The van der Waals surface area contributed by atoms with Gasteiger partial charge in [0.15, 0.2) is 0 Å². The van der Waals surface area contributed by atoms with Crippen molar-refractivity contribution in [2.24, 2.45) is 0 Å². The van der Waals surface area contributed by atoms with E-state index >= 15 is 0 Å². The predicted octanol–water partition coefficient (Wildman–Crippen LogP) is 4.55. The number of rotatable bonds is 8. The maximum Gasteiger partial charge on any atom is 0.419 e. The lowest BCUT2D eigenvalue weighted by Crippen LogP contribution is -2.22. The van der Waals surface area contributed by atoms with Crippen molar-refractivity contribution >= 4 is 0 Å². The van der Waals surface area contributed by atoms with Gasteiger partial charge in [-0.15, -0.1) is 6.58 Å². The molecule has 0 aliphatic carbocycles. The van der Waals surface area contributed by atoms with E-state index in [0.29, 0.717) is 18.5 Å². The number of ether oxygens (including phenoxy) is 1. The van der Waals surface area contributed by atoms with E-state index in [1.165, 1.54) is 6.07 Å². The minimum absolute atomic E-state index is 0.111. The highest BCUT2D eigenvalue weighted by molar-refractivity contribution is 5.39. The molecule has 0 saturated carbocycles. The lowest BCUT2D eigenvalue weighted by atomic mass is 10.1. The monoisotopic (exact) mass is 301 g/mol. The highest BCUT2D eigenvalue weighted by Gasteiger charge is 2.34. The van der Waals surface area contributed by atoms with Crippen molar-refractivity contribution in [1.82, 2.24) is 5.32 Å². The maximum atomic E-state index is 13.1. The Labute approximate surface area is 124 Å². The molecule has 0 bridgehead atoms. The van der Waals surface area contributed by atoms with Crippen LogP contribution in [0.15, 0.2) is 30.9 Å². The molecule has 0 heterocycles. The lowest BCUT2D eigenvalue weighted by Gasteiger charge is -2.16. The van der Waals surface area contributed by atoms with E-state index < -0.39 is 11.7 Å². The number of alkyl halides is 3. The van der Waals surface area contributed by atoms with Gasteiger partial charge in [0.1, 0.15) is 5.75 Å². The van der Waals surface area contributed by atoms with Gasteiger partial charge in [0, 0.05) is 12.6 Å². The smallest absolute Gasteiger partial charge is 0.419 e. The van der Waals surface area contributed by atoms with Crippen LogP contribution in [0.3, 0.4) is 0 Å². The summed E-state index contributed by atoms with van der Waals surface area (Å²) in [6.45, 7) is 8.11. The molecule has 0 saturated heterocycles. The summed E-state index contributed by atoms with van der Waals surface area (Å²) in [5.74, 6) is -0.111. The highest BCUT2D eigenvalue weighted by Crippen LogP contribution is 2.37. The van der Waals surface area contributed by atoms with Gasteiger partial charge in [0.2, 0.25) is 0 Å². The third-order valence-corrected chi connectivity index (χ3v) is 2.87. The summed E-state index contributed by atoms with van der Waals surface area (Å²) in [6.07, 6.45) is -1.33. The first-order valence-corrected chi connectivity index (χ1v) is 7.01. The molecular weight excluding hydrogens is 279 g/mol. The zero-order valence-electron chi connectivity index (χ0n) is 12.5. The summed E-state index contributed by atoms with van der Waals surface area (Å²) in [6, 6.07) is 4.42. The molecule has 1 N–H and O–H groups in total. The number of allylic oxidation sites excluding steroid dienone is 1. The quantitative estimate of drug-likeness (QED) is 0.562. The van der Waals surface area contributed by atoms with Gasteiger partial charge in [-0.1, -0.05) is 26.0 Å². The van der Waals surface area contributed by atoms with Crippen molar-refractivity contribution in [1.29, 1.82) is 0 Å². The molecule has 5 heteroatoms. The molecule has 0 spiro atoms. The molecule has 0 aliphatic rings. The molecule has 0 radical (unpaired) electrons. The van der Waals surface area contributed by atoms with E-state index in [-0.39, 0.29) is 18.4 Å². The molecule has 0 aliphatic heterocycles. The van der Waals surface area contributed by atoms with Gasteiger partial charge in [0.05, 0.1) is 12.2 Å². The van der Waals surface area contributed by atoms with Crippen molar-refractivity contribution < 1.29 is 17.9 Å². The Balaban J connectivity index is 2.84. The van der Waals surface area contributed by atoms with Crippen molar-refractivity contribution in [3.63, 3.8) is 0 Å². The fraction of sp³-hybridized carbons (Fsp3) is 0.500. The minimum atomic E-state index is -4.42. The van der Waals surface area contributed by atoms with Gasteiger partial charge >= 0.3 is 6.18 Å². The molecule has 2 nitrogen and oxygen atoms in total. The number of halogens is 3. The van der Waals surface area contributed by atoms with Crippen LogP contribution in [0.5, 0.6) is 5.75 Å². The van der Waals surface area contributed by atoms with Crippen LogP contribution in [0.2, 0.25) is 0 Å². The number of hydrogen-bond acceptors (Lipinski definition) is 2. The van der Waals surface area contributed by atoms with E-state index in [4.69, 9.17) is 4.74 Å². The summed E-state index contributed by atoms with van der Waals surface area (Å²) >= 11 is 0. The second kappa shape index (κ2) is 8.08. The zero-order chi connectivity index (χ0) is 15.9. The fourth-order valence-corrected chi connectivity index (χ4v) is 1.77. The van der Waals surface area contributed by atoms with Crippen LogP contribution in [0, 0.1) is 0 Å². The molecule has 0 fully saturated rings. The molecule has 0 amide bonds. The predicted molar refractivity (Wildman–Crippen MR) is 78.3 cm³/mol. The van der Waals surface area contributed by atoms with Crippen LogP contribution in [-0.2, 0) is 12.7 Å². The first-order chi connectivity index (χ1) is 9.84. The number of nitrogens with one attached hydrogen (secondary N) is 1. The average molecular weight is 301 g/mol. The third-order valence-electron chi connectivity index (χ3n) is 2.87. The number of hydrogen-bond donors (Lipinski definition) is 1. The van der Waals surface area contributed by atoms with Crippen LogP contribution in [0.1, 0.15) is 37.8 Å². The van der Waals surface area contributed by atoms with E-state index in [9.17, 15) is 13.2 Å². The Morgan fingerprint density at radius 2 is 2.05 bits per heavy atom. The Morgan fingerprint density at radius 1 is 1.33 bits per heavy atom. The third kappa shape index (κ3) is 6.21. The Hall–Kier alpha value is -1.49. The van der Waals surface area contributed by atoms with Gasteiger partial charge in [-0.05, 0) is 30.5 Å². The molecule has 118 valence electrons. The molecule has 0 aromatic heterocycles. The SMILES string of the molecule is C=CCCCOc1ccc(CNC(C)C)cc1C(F)(F)F. The minimum Gasteiger partial charge on any atom is -0.493 e. The maximum absolute atomic E-state index is 13.1. The fourth-order valence-electron chi connectivity index (χ4n) is 1.77. The van der Waals surface area contributed by atoms with Crippen molar-refractivity contribution in [3.05, 3.63) is 42.0 Å². The van der Waals surface area contributed by atoms with Gasteiger partial charge in [0.25, 0.3) is 0 Å². The molecular formula is C16H22F3NO. The second-order valence-corrected chi connectivity index (χ2v) is 5.14. The summed E-state index contributed by atoms with van der Waals surface area (Å²) < 4.78 is 44.5. The summed E-state index contributed by atoms with van der Waals surface area (Å²) in [5, 5.41) is 3.10. The van der Waals surface area contributed by atoms with Crippen molar-refractivity contribution in [2.75, 3.05) is 6.61 Å². The molecule has 0 unspecified atom stereocenters. The largest absolute Gasteiger partial charge is 0.493 e. The Bertz CT molecular complexity index is 455. The number of unbranched alkanes of at least 4 members (excludes halogenated alkanes) is 1. The van der Waals surface area contributed by atoms with Crippen molar-refractivity contribution in [3.8, 4) is 5.75 Å². The highest BCUT2D eigenvalue weighted by atomic mass is 19.4. The molecule has 21 heavy (non-hydrogen) atoms.